The molecule has 7 nitrogen and oxygen atoms in total. The Bertz CT molecular complexity index is 898. The molecule has 3 aromatic rings. The van der Waals surface area contributed by atoms with Crippen LogP contribution in [-0.2, 0) is 16.1 Å². The van der Waals surface area contributed by atoms with E-state index in [0.717, 1.165) is 22.8 Å². The maximum atomic E-state index is 12.2. The Morgan fingerprint density at radius 3 is 2.50 bits per heavy atom. The van der Waals surface area contributed by atoms with E-state index in [-0.39, 0.29) is 11.7 Å². The molecule has 146 valence electrons. The Kier molecular flexibility index (Phi) is 7.05. The highest BCUT2D eigenvalue weighted by atomic mass is 32.2. The Hall–Kier alpha value is -2.84. The second-order valence-electron chi connectivity index (χ2n) is 5.88. The number of carbonyl (C=O) groups excluding carboxylic acids is 1. The Balaban J connectivity index is 1.72. The van der Waals surface area contributed by atoms with E-state index in [1.807, 2.05) is 59.2 Å². The monoisotopic (exact) mass is 398 g/mol. The highest BCUT2D eigenvalue weighted by molar-refractivity contribution is 7.99. The van der Waals surface area contributed by atoms with E-state index in [0.29, 0.717) is 18.3 Å². The summed E-state index contributed by atoms with van der Waals surface area (Å²) in [6.07, 6.45) is 0. The van der Waals surface area contributed by atoms with Gasteiger partial charge in [0.2, 0.25) is 5.91 Å². The van der Waals surface area contributed by atoms with Gasteiger partial charge in [-0.15, -0.1) is 10.2 Å². The Labute approximate surface area is 168 Å². The number of carbonyl (C=O) groups is 1. The summed E-state index contributed by atoms with van der Waals surface area (Å²) < 4.78 is 12.4. The van der Waals surface area contributed by atoms with Crippen molar-refractivity contribution in [3.05, 3.63) is 54.6 Å². The fourth-order valence-electron chi connectivity index (χ4n) is 2.58. The molecule has 1 amide bonds. The minimum atomic E-state index is -0.0940. The minimum absolute atomic E-state index is 0.0940. The second kappa shape index (κ2) is 9.91. The molecule has 0 saturated heterocycles. The number of nitrogens with zero attached hydrogens (tertiary/aromatic N) is 3. The van der Waals surface area contributed by atoms with Crippen LogP contribution in [0, 0.1) is 0 Å². The van der Waals surface area contributed by atoms with E-state index in [9.17, 15) is 4.79 Å². The lowest BCUT2D eigenvalue weighted by molar-refractivity contribution is -0.113. The molecule has 0 bridgehead atoms. The molecule has 0 atom stereocenters. The molecular formula is C20H22N4O3S. The van der Waals surface area contributed by atoms with Crippen molar-refractivity contribution in [3.8, 4) is 17.1 Å². The largest absolute Gasteiger partial charge is 0.497 e. The maximum Gasteiger partial charge on any atom is 0.234 e. The first-order chi connectivity index (χ1) is 13.7. The van der Waals surface area contributed by atoms with Crippen molar-refractivity contribution in [1.29, 1.82) is 0 Å². The van der Waals surface area contributed by atoms with Crippen molar-refractivity contribution in [2.45, 2.75) is 11.7 Å². The number of hydrogen-bond donors (Lipinski definition) is 1. The zero-order valence-electron chi connectivity index (χ0n) is 15.8. The van der Waals surface area contributed by atoms with Crippen LogP contribution in [0.1, 0.15) is 0 Å². The first-order valence-electron chi connectivity index (χ1n) is 8.75. The predicted octanol–water partition coefficient (Wildman–Crippen LogP) is 3.33. The molecule has 3 rings (SSSR count). The fourth-order valence-corrected chi connectivity index (χ4v) is 3.35. The molecule has 0 unspecified atom stereocenters. The zero-order chi connectivity index (χ0) is 19.8. The third kappa shape index (κ3) is 5.11. The normalized spacial score (nSPS) is 10.6. The third-order valence-electron chi connectivity index (χ3n) is 3.97. The van der Waals surface area contributed by atoms with Gasteiger partial charge in [0.25, 0.3) is 0 Å². The van der Waals surface area contributed by atoms with E-state index in [4.69, 9.17) is 9.47 Å². The number of hydrogen-bond acceptors (Lipinski definition) is 6. The van der Waals surface area contributed by atoms with Gasteiger partial charge >= 0.3 is 0 Å². The van der Waals surface area contributed by atoms with Gasteiger partial charge < -0.3 is 14.8 Å². The van der Waals surface area contributed by atoms with Crippen LogP contribution in [0.25, 0.3) is 11.4 Å². The van der Waals surface area contributed by atoms with Crippen LogP contribution >= 0.6 is 11.8 Å². The minimum Gasteiger partial charge on any atom is -0.497 e. The maximum absolute atomic E-state index is 12.2. The molecule has 8 heteroatoms. The summed E-state index contributed by atoms with van der Waals surface area (Å²) in [5.74, 6) is 1.65. The predicted molar refractivity (Wildman–Crippen MR) is 110 cm³/mol. The van der Waals surface area contributed by atoms with E-state index >= 15 is 0 Å². The molecule has 0 saturated carbocycles. The lowest BCUT2D eigenvalue weighted by Gasteiger charge is -2.10. The quantitative estimate of drug-likeness (QED) is 0.557. The van der Waals surface area contributed by atoms with Crippen molar-refractivity contribution in [2.75, 3.05) is 31.9 Å². The molecule has 1 heterocycles. The molecule has 1 aromatic heterocycles. The Morgan fingerprint density at radius 1 is 1.07 bits per heavy atom. The van der Waals surface area contributed by atoms with Crippen molar-refractivity contribution in [1.82, 2.24) is 14.8 Å². The SMILES string of the molecule is COCCn1c(SCC(=O)Nc2ccccc2)nnc1-c1ccc(OC)cc1. The number of aromatic nitrogens is 3. The van der Waals surface area contributed by atoms with E-state index in [2.05, 4.69) is 15.5 Å². The van der Waals surface area contributed by atoms with Gasteiger partial charge in [0, 0.05) is 18.4 Å². The molecule has 0 fully saturated rings. The van der Waals surface area contributed by atoms with E-state index in [1.54, 1.807) is 14.2 Å². The number of thioether (sulfide) groups is 1. The van der Waals surface area contributed by atoms with Gasteiger partial charge in [-0.3, -0.25) is 9.36 Å². The molecule has 1 N–H and O–H groups in total. The van der Waals surface area contributed by atoms with Crippen molar-refractivity contribution in [2.24, 2.45) is 0 Å². The van der Waals surface area contributed by atoms with Gasteiger partial charge in [-0.1, -0.05) is 30.0 Å². The number of benzene rings is 2. The van der Waals surface area contributed by atoms with Crippen LogP contribution in [0.3, 0.4) is 0 Å². The average Bonchev–Trinajstić information content (AvgIpc) is 3.14. The topological polar surface area (TPSA) is 78.3 Å². The van der Waals surface area contributed by atoms with Gasteiger partial charge in [0.15, 0.2) is 11.0 Å². The van der Waals surface area contributed by atoms with Crippen LogP contribution in [0.5, 0.6) is 5.75 Å². The van der Waals surface area contributed by atoms with Gasteiger partial charge in [0.05, 0.1) is 26.0 Å². The fraction of sp³-hybridized carbons (Fsp3) is 0.250. The Morgan fingerprint density at radius 2 is 1.82 bits per heavy atom. The van der Waals surface area contributed by atoms with Crippen molar-refractivity contribution < 1.29 is 14.3 Å². The number of nitrogens with one attached hydrogen (secondary N) is 1. The van der Waals surface area contributed by atoms with E-state index < -0.39 is 0 Å². The second-order valence-corrected chi connectivity index (χ2v) is 6.82. The van der Waals surface area contributed by atoms with Crippen LogP contribution < -0.4 is 10.1 Å². The standard InChI is InChI=1S/C20H22N4O3S/c1-26-13-12-24-19(15-8-10-17(27-2)11-9-15)22-23-20(24)28-14-18(25)21-16-6-4-3-5-7-16/h3-11H,12-14H2,1-2H3,(H,21,25). The number of ether oxygens (including phenoxy) is 2. The summed E-state index contributed by atoms with van der Waals surface area (Å²) in [4.78, 5) is 12.2. The van der Waals surface area contributed by atoms with Crippen LogP contribution in [0.2, 0.25) is 0 Å². The van der Waals surface area contributed by atoms with E-state index in [1.165, 1.54) is 11.8 Å². The first-order valence-corrected chi connectivity index (χ1v) is 9.74. The molecule has 0 aliphatic heterocycles. The summed E-state index contributed by atoms with van der Waals surface area (Å²) in [5, 5.41) is 12.1. The summed E-state index contributed by atoms with van der Waals surface area (Å²) in [6.45, 7) is 1.11. The molecule has 0 aliphatic rings. The van der Waals surface area contributed by atoms with Crippen LogP contribution in [0.15, 0.2) is 59.8 Å². The molecule has 2 aromatic carbocycles. The first kappa shape index (κ1) is 19.9. The van der Waals surface area contributed by atoms with Gasteiger partial charge in [-0.25, -0.2) is 0 Å². The van der Waals surface area contributed by atoms with Gasteiger partial charge in [-0.2, -0.15) is 0 Å². The number of para-hydroxylation sites is 1. The third-order valence-corrected chi connectivity index (χ3v) is 4.94. The van der Waals surface area contributed by atoms with Gasteiger partial charge in [-0.05, 0) is 36.4 Å². The highest BCUT2D eigenvalue weighted by Gasteiger charge is 2.16. The summed E-state index contributed by atoms with van der Waals surface area (Å²) >= 11 is 1.35. The van der Waals surface area contributed by atoms with Crippen molar-refractivity contribution in [3.63, 3.8) is 0 Å². The molecule has 0 aliphatic carbocycles. The lowest BCUT2D eigenvalue weighted by atomic mass is 10.2. The number of methoxy groups -OCH3 is 2. The van der Waals surface area contributed by atoms with Crippen LogP contribution in [-0.4, -0.2) is 47.3 Å². The molecule has 0 spiro atoms. The van der Waals surface area contributed by atoms with Crippen molar-refractivity contribution >= 4 is 23.4 Å². The summed E-state index contributed by atoms with van der Waals surface area (Å²) in [7, 11) is 3.28. The zero-order valence-corrected chi connectivity index (χ0v) is 16.6. The summed E-state index contributed by atoms with van der Waals surface area (Å²) in [5.41, 5.74) is 1.69. The number of rotatable bonds is 9. The molecule has 0 radical (unpaired) electrons. The number of anilines is 1. The average molecular weight is 398 g/mol. The lowest BCUT2D eigenvalue weighted by Crippen LogP contribution is -2.15. The smallest absolute Gasteiger partial charge is 0.234 e. The number of amides is 1. The summed E-state index contributed by atoms with van der Waals surface area (Å²) in [6, 6.07) is 17.0. The molecule has 28 heavy (non-hydrogen) atoms. The highest BCUT2D eigenvalue weighted by Crippen LogP contribution is 2.25. The van der Waals surface area contributed by atoms with Gasteiger partial charge in [0.1, 0.15) is 5.75 Å². The van der Waals surface area contributed by atoms with Crippen LogP contribution in [0.4, 0.5) is 5.69 Å². The molecular weight excluding hydrogens is 376 g/mol.